The second kappa shape index (κ2) is 9.03. The minimum Gasteiger partial charge on any atom is -0.483 e. The number of rotatable bonds is 7. The smallest absolute Gasteiger partial charge is 0.203 e. The van der Waals surface area contributed by atoms with Crippen LogP contribution < -0.4 is 4.74 Å². The van der Waals surface area contributed by atoms with E-state index < -0.39 is 0 Å². The number of benzene rings is 1. The van der Waals surface area contributed by atoms with Crippen LogP contribution in [0.4, 0.5) is 0 Å². The van der Waals surface area contributed by atoms with E-state index in [1.165, 1.54) is 6.08 Å². The Morgan fingerprint density at radius 3 is 2.67 bits per heavy atom. The number of nitrogens with zero attached hydrogens (tertiary/aromatic N) is 2. The Hall–Kier alpha value is -1.64. The van der Waals surface area contributed by atoms with Crippen LogP contribution >= 0.6 is 47.8 Å². The number of carbonyl (C=O) groups excluding carboxylic acids is 1. The van der Waals surface area contributed by atoms with Crippen LogP contribution in [0.25, 0.3) is 6.08 Å². The van der Waals surface area contributed by atoms with Crippen LogP contribution in [0.5, 0.6) is 5.75 Å². The molecule has 0 aliphatic carbocycles. The van der Waals surface area contributed by atoms with Gasteiger partial charge in [0.1, 0.15) is 29.6 Å². The Bertz CT molecular complexity index is 969. The number of hydrogen-bond acceptors (Lipinski definition) is 4. The fraction of sp³-hybridized carbons (Fsp3) is 0.158. The first-order valence-corrected chi connectivity index (χ1v) is 10.5. The Morgan fingerprint density at radius 2 is 1.96 bits per heavy atom. The van der Waals surface area contributed by atoms with Crippen molar-refractivity contribution in [3.8, 4) is 5.75 Å². The van der Waals surface area contributed by atoms with E-state index in [0.717, 1.165) is 13.4 Å². The minimum absolute atomic E-state index is 0.119. The van der Waals surface area contributed by atoms with Crippen molar-refractivity contribution in [1.29, 1.82) is 0 Å². The van der Waals surface area contributed by atoms with Gasteiger partial charge in [-0.2, -0.15) is 5.10 Å². The number of allylic oxidation sites excluding steroid dienone is 1. The summed E-state index contributed by atoms with van der Waals surface area (Å²) in [6, 6.07) is 9.13. The zero-order chi connectivity index (χ0) is 19.4. The largest absolute Gasteiger partial charge is 0.483 e. The number of ether oxygens (including phenoxy) is 1. The van der Waals surface area contributed by atoms with Crippen molar-refractivity contribution in [3.05, 3.63) is 73.2 Å². The third-order valence-electron chi connectivity index (χ3n) is 3.67. The summed E-state index contributed by atoms with van der Waals surface area (Å²) < 4.78 is 15.8. The average Bonchev–Trinajstić information content (AvgIpc) is 3.27. The number of aromatic nitrogens is 2. The minimum atomic E-state index is -0.119. The first-order valence-electron chi connectivity index (χ1n) is 8.08. The molecule has 140 valence electrons. The summed E-state index contributed by atoms with van der Waals surface area (Å²) in [7, 11) is 0. The summed E-state index contributed by atoms with van der Waals surface area (Å²) >= 11 is 10.4. The Balaban J connectivity index is 1.64. The normalized spacial score (nSPS) is 11.3. The predicted octanol–water partition coefficient (Wildman–Crippen LogP) is 6.26. The maximum atomic E-state index is 12.3. The van der Waals surface area contributed by atoms with Crippen LogP contribution in [0.3, 0.4) is 0 Å². The van der Waals surface area contributed by atoms with E-state index in [0.29, 0.717) is 29.5 Å². The monoisotopic (exact) mass is 556 g/mol. The Morgan fingerprint density at radius 1 is 1.22 bits per heavy atom. The molecule has 0 aliphatic heterocycles. The van der Waals surface area contributed by atoms with Gasteiger partial charge in [-0.15, -0.1) is 0 Å². The molecule has 0 saturated heterocycles. The van der Waals surface area contributed by atoms with Gasteiger partial charge in [-0.25, -0.2) is 0 Å². The first-order chi connectivity index (χ1) is 13.0. The zero-order valence-electron chi connectivity index (χ0n) is 14.3. The molecular formula is C19H15Br3N2O3. The number of furan rings is 1. The highest BCUT2D eigenvalue weighted by atomic mass is 79.9. The quantitative estimate of drug-likeness (QED) is 0.254. The molecule has 5 nitrogen and oxygen atoms in total. The number of halogens is 3. The van der Waals surface area contributed by atoms with Crippen molar-refractivity contribution < 1.29 is 13.9 Å². The second-order valence-electron chi connectivity index (χ2n) is 5.52. The predicted molar refractivity (Wildman–Crippen MR) is 114 cm³/mol. The third-order valence-corrected chi connectivity index (χ3v) is 5.31. The number of hydrogen-bond donors (Lipinski definition) is 0. The van der Waals surface area contributed by atoms with E-state index >= 15 is 0 Å². The lowest BCUT2D eigenvalue weighted by Gasteiger charge is -2.09. The van der Waals surface area contributed by atoms with Crippen molar-refractivity contribution in [3.63, 3.8) is 0 Å². The number of ketones is 1. The summed E-state index contributed by atoms with van der Waals surface area (Å²) in [5, 5.41) is 4.10. The summed E-state index contributed by atoms with van der Waals surface area (Å²) in [6.45, 7) is 2.85. The fourth-order valence-electron chi connectivity index (χ4n) is 2.41. The van der Waals surface area contributed by atoms with Gasteiger partial charge in [0, 0.05) is 17.2 Å². The van der Waals surface area contributed by atoms with E-state index in [9.17, 15) is 4.79 Å². The molecule has 0 saturated carbocycles. The van der Waals surface area contributed by atoms with E-state index in [4.69, 9.17) is 9.15 Å². The van der Waals surface area contributed by atoms with Crippen molar-refractivity contribution in [2.45, 2.75) is 20.1 Å². The van der Waals surface area contributed by atoms with Gasteiger partial charge >= 0.3 is 0 Å². The van der Waals surface area contributed by atoms with Gasteiger partial charge in [0.2, 0.25) is 5.78 Å². The number of carbonyl (C=O) groups is 1. The van der Waals surface area contributed by atoms with Crippen molar-refractivity contribution in [2.24, 2.45) is 0 Å². The molecule has 0 N–H and O–H groups in total. The van der Waals surface area contributed by atoms with Gasteiger partial charge in [0.25, 0.3) is 0 Å². The SMILES string of the molecule is CCn1nccc1C(=O)/C=C/c1ccc(COc2c(Br)cc(Br)cc2Br)o1. The Kier molecular flexibility index (Phi) is 6.73. The third kappa shape index (κ3) is 5.00. The highest BCUT2D eigenvalue weighted by Gasteiger charge is 2.11. The van der Waals surface area contributed by atoms with Crippen molar-refractivity contribution >= 4 is 59.6 Å². The summed E-state index contributed by atoms with van der Waals surface area (Å²) in [5.74, 6) is 1.81. The van der Waals surface area contributed by atoms with Crippen LogP contribution in [-0.4, -0.2) is 15.6 Å². The maximum absolute atomic E-state index is 12.3. The van der Waals surface area contributed by atoms with Crippen LogP contribution in [0.15, 0.2) is 60.4 Å². The molecule has 0 bridgehead atoms. The van der Waals surface area contributed by atoms with Gasteiger partial charge in [0.15, 0.2) is 0 Å². The Labute approximate surface area is 181 Å². The van der Waals surface area contributed by atoms with Crippen LogP contribution in [-0.2, 0) is 13.2 Å². The van der Waals surface area contributed by atoms with Gasteiger partial charge in [-0.05, 0) is 81.3 Å². The molecule has 0 aliphatic rings. The van der Waals surface area contributed by atoms with Gasteiger partial charge < -0.3 is 9.15 Å². The first kappa shape index (κ1) is 20.1. The second-order valence-corrected chi connectivity index (χ2v) is 8.15. The molecule has 2 heterocycles. The molecular weight excluding hydrogens is 544 g/mol. The summed E-state index contributed by atoms with van der Waals surface area (Å²) in [4.78, 5) is 12.3. The topological polar surface area (TPSA) is 57.3 Å². The molecule has 0 unspecified atom stereocenters. The standard InChI is InChI=1S/C19H15Br3N2O3/c1-2-24-17(7-8-23-24)18(25)6-5-13-3-4-14(27-13)11-26-19-15(21)9-12(20)10-16(19)22/h3-10H,2,11H2,1H3/b6-5+. The molecule has 0 amide bonds. The molecule has 0 fully saturated rings. The molecule has 27 heavy (non-hydrogen) atoms. The lowest BCUT2D eigenvalue weighted by atomic mass is 10.2. The van der Waals surface area contributed by atoms with Crippen LogP contribution in [0.2, 0.25) is 0 Å². The zero-order valence-corrected chi connectivity index (χ0v) is 19.0. The van der Waals surface area contributed by atoms with Crippen LogP contribution in [0.1, 0.15) is 28.9 Å². The molecule has 2 aromatic heterocycles. The van der Waals surface area contributed by atoms with Gasteiger partial charge in [0.05, 0.1) is 8.95 Å². The highest BCUT2D eigenvalue weighted by Crippen LogP contribution is 2.36. The van der Waals surface area contributed by atoms with Gasteiger partial charge in [-0.1, -0.05) is 15.9 Å². The number of aryl methyl sites for hydroxylation is 1. The molecule has 1 aromatic carbocycles. The lowest BCUT2D eigenvalue weighted by Crippen LogP contribution is -2.07. The van der Waals surface area contributed by atoms with E-state index in [2.05, 4.69) is 52.9 Å². The average molecular weight is 559 g/mol. The fourth-order valence-corrected chi connectivity index (χ4v) is 4.90. The van der Waals surface area contributed by atoms with Crippen molar-refractivity contribution in [2.75, 3.05) is 0 Å². The van der Waals surface area contributed by atoms with E-state index in [-0.39, 0.29) is 12.4 Å². The highest BCUT2D eigenvalue weighted by molar-refractivity contribution is 9.11. The maximum Gasteiger partial charge on any atom is 0.203 e. The molecule has 3 rings (SSSR count). The van der Waals surface area contributed by atoms with Crippen molar-refractivity contribution in [1.82, 2.24) is 9.78 Å². The summed E-state index contributed by atoms with van der Waals surface area (Å²) in [5.41, 5.74) is 0.550. The van der Waals surface area contributed by atoms with E-state index in [1.54, 1.807) is 29.1 Å². The molecule has 8 heteroatoms. The summed E-state index contributed by atoms with van der Waals surface area (Å²) in [6.07, 6.45) is 4.74. The van der Waals surface area contributed by atoms with Crippen LogP contribution in [0, 0.1) is 0 Å². The van der Waals surface area contributed by atoms with E-state index in [1.807, 2.05) is 25.1 Å². The molecule has 0 radical (unpaired) electrons. The molecule has 3 aromatic rings. The lowest BCUT2D eigenvalue weighted by molar-refractivity contribution is 0.103. The van der Waals surface area contributed by atoms with Gasteiger partial charge in [-0.3, -0.25) is 9.48 Å². The molecule has 0 atom stereocenters. The molecule has 0 spiro atoms.